The van der Waals surface area contributed by atoms with Crippen molar-refractivity contribution in [2.45, 2.75) is 37.2 Å². The number of aromatic nitrogens is 4. The van der Waals surface area contributed by atoms with Crippen molar-refractivity contribution in [1.29, 1.82) is 0 Å². The van der Waals surface area contributed by atoms with Gasteiger partial charge in [-0.2, -0.15) is 4.98 Å². The summed E-state index contributed by atoms with van der Waals surface area (Å²) in [5, 5.41) is 3.29. The Kier molecular flexibility index (Phi) is 4.82. The quantitative estimate of drug-likeness (QED) is 0.511. The maximum Gasteiger partial charge on any atom is 0.295 e. The highest BCUT2D eigenvalue weighted by Crippen LogP contribution is 2.35. The van der Waals surface area contributed by atoms with Crippen LogP contribution < -0.4 is 10.9 Å². The number of thioether (sulfide) groups is 1. The highest BCUT2D eigenvalue weighted by atomic mass is 35.5. The van der Waals surface area contributed by atoms with E-state index in [4.69, 9.17) is 11.6 Å². The number of halogens is 1. The molecule has 2 heterocycles. The third-order valence-corrected chi connectivity index (χ3v) is 5.29. The van der Waals surface area contributed by atoms with Gasteiger partial charge in [0.25, 0.3) is 5.56 Å². The van der Waals surface area contributed by atoms with Crippen molar-refractivity contribution in [3.63, 3.8) is 0 Å². The molecule has 1 aliphatic carbocycles. The van der Waals surface area contributed by atoms with Gasteiger partial charge in [-0.15, -0.1) is 11.8 Å². The molecule has 1 N–H and O–H groups in total. The van der Waals surface area contributed by atoms with Crippen LogP contribution >= 0.6 is 23.4 Å². The molecule has 134 valence electrons. The summed E-state index contributed by atoms with van der Waals surface area (Å²) in [4.78, 5) is 26.7. The Morgan fingerprint density at radius 3 is 2.73 bits per heavy atom. The minimum Gasteiger partial charge on any atom is -0.361 e. The Labute approximate surface area is 160 Å². The lowest BCUT2D eigenvalue weighted by Gasteiger charge is -2.12. The van der Waals surface area contributed by atoms with Crippen LogP contribution in [0.4, 0.5) is 5.82 Å². The van der Waals surface area contributed by atoms with E-state index in [1.54, 1.807) is 22.5 Å². The average molecular weight is 388 g/mol. The number of hydrogen-bond acceptors (Lipinski definition) is 6. The summed E-state index contributed by atoms with van der Waals surface area (Å²) in [6, 6.07) is 8.49. The van der Waals surface area contributed by atoms with E-state index in [-0.39, 0.29) is 16.9 Å². The second-order valence-electron chi connectivity index (χ2n) is 6.15. The van der Waals surface area contributed by atoms with Crippen LogP contribution in [-0.4, -0.2) is 25.3 Å². The summed E-state index contributed by atoms with van der Waals surface area (Å²) >= 11 is 7.71. The summed E-state index contributed by atoms with van der Waals surface area (Å²) in [7, 11) is 0. The van der Waals surface area contributed by atoms with Crippen molar-refractivity contribution in [2.24, 2.45) is 0 Å². The van der Waals surface area contributed by atoms with Gasteiger partial charge in [0, 0.05) is 17.5 Å². The van der Waals surface area contributed by atoms with E-state index >= 15 is 0 Å². The lowest BCUT2D eigenvalue weighted by atomic mass is 10.2. The van der Waals surface area contributed by atoms with E-state index in [9.17, 15) is 4.79 Å². The zero-order chi connectivity index (χ0) is 18.1. The lowest BCUT2D eigenvalue weighted by Crippen LogP contribution is -2.25. The zero-order valence-corrected chi connectivity index (χ0v) is 15.8. The van der Waals surface area contributed by atoms with E-state index in [0.717, 1.165) is 24.2 Å². The Morgan fingerprint density at radius 2 is 2.04 bits per heavy atom. The predicted molar refractivity (Wildman–Crippen MR) is 105 cm³/mol. The van der Waals surface area contributed by atoms with Crippen LogP contribution in [0.1, 0.15) is 31.4 Å². The molecule has 0 spiro atoms. The SMILES string of the molecule is CCSc1ccc(CNc2nc3cnc(Cl)nc3n(C3CC3)c2=O)cc1. The largest absolute Gasteiger partial charge is 0.361 e. The number of rotatable bonds is 6. The number of fused-ring (bicyclic) bond motifs is 1. The van der Waals surface area contributed by atoms with Gasteiger partial charge in [-0.05, 0) is 47.9 Å². The molecule has 8 heteroatoms. The lowest BCUT2D eigenvalue weighted by molar-refractivity contribution is 0.723. The highest BCUT2D eigenvalue weighted by molar-refractivity contribution is 7.99. The second-order valence-corrected chi connectivity index (χ2v) is 7.82. The molecule has 26 heavy (non-hydrogen) atoms. The summed E-state index contributed by atoms with van der Waals surface area (Å²) < 4.78 is 1.69. The molecule has 0 amide bonds. The molecule has 3 aromatic rings. The summed E-state index contributed by atoms with van der Waals surface area (Å²) in [5.41, 5.74) is 2.01. The fourth-order valence-corrected chi connectivity index (χ4v) is 3.61. The van der Waals surface area contributed by atoms with Crippen LogP contribution in [0.25, 0.3) is 11.2 Å². The third-order valence-electron chi connectivity index (χ3n) is 4.21. The molecule has 4 rings (SSSR count). The number of anilines is 1. The summed E-state index contributed by atoms with van der Waals surface area (Å²) in [6.07, 6.45) is 3.50. The first-order chi connectivity index (χ1) is 12.7. The molecular weight excluding hydrogens is 370 g/mol. The van der Waals surface area contributed by atoms with E-state index in [1.807, 2.05) is 0 Å². The second kappa shape index (κ2) is 7.25. The standard InChI is InChI=1S/C18H18ClN5OS/c1-2-26-13-7-3-11(4-8-13)9-20-15-17(25)24(12-5-6-12)16-14(22-15)10-21-18(19)23-16/h3-4,7-8,10,12H,2,5-6,9H2,1H3,(H,20,22). The van der Waals surface area contributed by atoms with Crippen LogP contribution in [-0.2, 0) is 6.54 Å². The molecule has 0 unspecified atom stereocenters. The Morgan fingerprint density at radius 1 is 1.27 bits per heavy atom. The topological polar surface area (TPSA) is 72.7 Å². The first kappa shape index (κ1) is 17.3. The van der Waals surface area contributed by atoms with Gasteiger partial charge in [0.1, 0.15) is 5.52 Å². The smallest absolute Gasteiger partial charge is 0.295 e. The molecule has 0 aliphatic heterocycles. The van der Waals surface area contributed by atoms with Crippen molar-refractivity contribution >= 4 is 40.3 Å². The zero-order valence-electron chi connectivity index (χ0n) is 14.3. The monoisotopic (exact) mass is 387 g/mol. The van der Waals surface area contributed by atoms with Gasteiger partial charge in [-0.1, -0.05) is 19.1 Å². The van der Waals surface area contributed by atoms with Crippen LogP contribution in [0, 0.1) is 0 Å². The maximum atomic E-state index is 12.9. The van der Waals surface area contributed by atoms with Crippen LogP contribution in [0.2, 0.25) is 5.28 Å². The number of hydrogen-bond donors (Lipinski definition) is 1. The summed E-state index contributed by atoms with van der Waals surface area (Å²) in [6.45, 7) is 2.66. The third kappa shape index (κ3) is 3.54. The van der Waals surface area contributed by atoms with Gasteiger partial charge in [0.2, 0.25) is 5.28 Å². The van der Waals surface area contributed by atoms with Crippen LogP contribution in [0.5, 0.6) is 0 Å². The molecule has 1 saturated carbocycles. The van der Waals surface area contributed by atoms with Crippen LogP contribution in [0.15, 0.2) is 40.2 Å². The fraction of sp³-hybridized carbons (Fsp3) is 0.333. The summed E-state index contributed by atoms with van der Waals surface area (Å²) in [5.74, 6) is 1.37. The van der Waals surface area contributed by atoms with Gasteiger partial charge in [0.05, 0.1) is 6.20 Å². The molecule has 1 fully saturated rings. The van der Waals surface area contributed by atoms with E-state index in [2.05, 4.69) is 51.5 Å². The van der Waals surface area contributed by atoms with Gasteiger partial charge in [0.15, 0.2) is 11.5 Å². The molecule has 6 nitrogen and oxygen atoms in total. The first-order valence-corrected chi connectivity index (χ1v) is 9.92. The van der Waals surface area contributed by atoms with Crippen LogP contribution in [0.3, 0.4) is 0 Å². The molecule has 0 bridgehead atoms. The molecule has 0 saturated heterocycles. The normalized spacial score (nSPS) is 13.9. The Hall–Kier alpha value is -2.12. The minimum atomic E-state index is -0.159. The van der Waals surface area contributed by atoms with Crippen molar-refractivity contribution in [3.8, 4) is 0 Å². The first-order valence-electron chi connectivity index (χ1n) is 8.56. The van der Waals surface area contributed by atoms with Crippen molar-refractivity contribution in [1.82, 2.24) is 19.5 Å². The predicted octanol–water partition coefficient (Wildman–Crippen LogP) is 3.90. The maximum absolute atomic E-state index is 12.9. The van der Waals surface area contributed by atoms with Gasteiger partial charge in [-0.25, -0.2) is 9.97 Å². The van der Waals surface area contributed by atoms with E-state index in [1.165, 1.54) is 4.90 Å². The van der Waals surface area contributed by atoms with Crippen molar-refractivity contribution in [2.75, 3.05) is 11.1 Å². The minimum absolute atomic E-state index is 0.124. The van der Waals surface area contributed by atoms with Crippen molar-refractivity contribution in [3.05, 3.63) is 51.7 Å². The average Bonchev–Trinajstić information content (AvgIpc) is 3.46. The molecule has 0 radical (unpaired) electrons. The number of benzene rings is 1. The Balaban J connectivity index is 1.63. The molecule has 2 aromatic heterocycles. The van der Waals surface area contributed by atoms with Crippen molar-refractivity contribution < 1.29 is 0 Å². The van der Waals surface area contributed by atoms with E-state index < -0.39 is 0 Å². The molecule has 1 aliphatic rings. The van der Waals surface area contributed by atoms with Gasteiger partial charge in [-0.3, -0.25) is 9.36 Å². The molecule has 0 atom stereocenters. The highest BCUT2D eigenvalue weighted by Gasteiger charge is 2.28. The Bertz CT molecular complexity index is 1000. The van der Waals surface area contributed by atoms with Gasteiger partial charge >= 0.3 is 0 Å². The number of nitrogens with one attached hydrogen (secondary N) is 1. The molecular formula is C18H18ClN5OS. The molecule has 1 aromatic carbocycles. The van der Waals surface area contributed by atoms with Gasteiger partial charge < -0.3 is 5.32 Å². The van der Waals surface area contributed by atoms with E-state index in [0.29, 0.717) is 23.5 Å². The number of nitrogens with zero attached hydrogens (tertiary/aromatic N) is 4. The fourth-order valence-electron chi connectivity index (χ4n) is 2.82.